The van der Waals surface area contributed by atoms with Crippen molar-refractivity contribution in [3.05, 3.63) is 35.9 Å². The first-order valence-electron chi connectivity index (χ1n) is 6.11. The summed E-state index contributed by atoms with van der Waals surface area (Å²) in [6.45, 7) is 5.32. The molecular weight excluding hydrogens is 280 g/mol. The second kappa shape index (κ2) is 7.75. The molecule has 0 radical (unpaired) electrons. The number of rotatable bonds is 4. The summed E-state index contributed by atoms with van der Waals surface area (Å²) < 4.78 is 5.26. The highest BCUT2D eigenvalue weighted by Gasteiger charge is 2.26. The van der Waals surface area contributed by atoms with Gasteiger partial charge in [0.2, 0.25) is 0 Å². The van der Waals surface area contributed by atoms with Crippen molar-refractivity contribution in [2.75, 3.05) is 0 Å². The molecule has 20 heavy (non-hydrogen) atoms. The van der Waals surface area contributed by atoms with E-state index in [0.29, 0.717) is 6.42 Å². The van der Waals surface area contributed by atoms with Gasteiger partial charge in [-0.25, -0.2) is 9.59 Å². The van der Waals surface area contributed by atoms with Gasteiger partial charge in [-0.3, -0.25) is 0 Å². The Morgan fingerprint density at radius 3 is 2.25 bits per heavy atom. The summed E-state index contributed by atoms with van der Waals surface area (Å²) in [6.07, 6.45) is 0.346. The van der Waals surface area contributed by atoms with Gasteiger partial charge in [-0.1, -0.05) is 30.3 Å². The van der Waals surface area contributed by atoms with Gasteiger partial charge in [-0.05, 0) is 26.3 Å². The van der Waals surface area contributed by atoms with Crippen LogP contribution in [0.25, 0.3) is 0 Å². The number of hydrogen-bond acceptors (Lipinski definition) is 3. The fraction of sp³-hybridized carbons (Fsp3) is 0.429. The third-order valence-corrected chi connectivity index (χ3v) is 2.29. The van der Waals surface area contributed by atoms with Crippen LogP contribution in [0.3, 0.4) is 0 Å². The number of esters is 1. The summed E-state index contributed by atoms with van der Waals surface area (Å²) in [5, 5.41) is 2.42. The van der Waals surface area contributed by atoms with Gasteiger partial charge in [0.25, 0.3) is 0 Å². The zero-order valence-corrected chi connectivity index (χ0v) is 12.7. The van der Waals surface area contributed by atoms with Crippen LogP contribution in [0.5, 0.6) is 0 Å². The number of nitrogens with two attached hydrogens (primary N) is 1. The van der Waals surface area contributed by atoms with Crippen LogP contribution in [-0.4, -0.2) is 23.6 Å². The average molecular weight is 301 g/mol. The molecule has 0 aliphatic carbocycles. The minimum Gasteiger partial charge on any atom is -0.458 e. The number of benzene rings is 1. The lowest BCUT2D eigenvalue weighted by Gasteiger charge is -2.24. The van der Waals surface area contributed by atoms with Gasteiger partial charge in [0.05, 0.1) is 0 Å². The van der Waals surface area contributed by atoms with Crippen molar-refractivity contribution in [2.45, 2.75) is 38.8 Å². The highest BCUT2D eigenvalue weighted by molar-refractivity contribution is 5.85. The maximum absolute atomic E-state index is 12.0. The first kappa shape index (κ1) is 18.2. The lowest BCUT2D eigenvalue weighted by molar-refractivity contribution is -0.157. The van der Waals surface area contributed by atoms with Crippen molar-refractivity contribution in [2.24, 2.45) is 5.73 Å². The number of ether oxygens (including phenoxy) is 1. The summed E-state index contributed by atoms with van der Waals surface area (Å²) >= 11 is 0. The van der Waals surface area contributed by atoms with Gasteiger partial charge in [0.1, 0.15) is 11.6 Å². The Balaban J connectivity index is 0.00000361. The van der Waals surface area contributed by atoms with Crippen LogP contribution in [0.15, 0.2) is 30.3 Å². The molecule has 1 aromatic rings. The van der Waals surface area contributed by atoms with Crippen LogP contribution in [-0.2, 0) is 16.0 Å². The first-order valence-corrected chi connectivity index (χ1v) is 6.11. The van der Waals surface area contributed by atoms with Gasteiger partial charge in [0, 0.05) is 6.42 Å². The van der Waals surface area contributed by atoms with E-state index < -0.39 is 23.6 Å². The van der Waals surface area contributed by atoms with Crippen LogP contribution in [0.4, 0.5) is 4.79 Å². The highest BCUT2D eigenvalue weighted by atomic mass is 35.5. The zero-order chi connectivity index (χ0) is 14.5. The van der Waals surface area contributed by atoms with Crippen LogP contribution >= 0.6 is 12.4 Å². The number of halogens is 1. The Morgan fingerprint density at radius 2 is 1.80 bits per heavy atom. The number of nitrogens with one attached hydrogen (secondary N) is 1. The Labute approximate surface area is 125 Å². The standard InChI is InChI=1S/C14H20N2O3.ClH/c1-14(2,3)19-12(17)11(16-13(15)18)9-10-7-5-4-6-8-10;/h4-8,11H,9H2,1-3H3,(H3,15,16,18);1H/t11-;/m0./s1. The quantitative estimate of drug-likeness (QED) is 0.835. The smallest absolute Gasteiger partial charge is 0.329 e. The Bertz CT molecular complexity index is 443. The van der Waals surface area contributed by atoms with Crippen molar-refractivity contribution >= 4 is 24.4 Å². The molecule has 0 aromatic heterocycles. The molecule has 0 aliphatic rings. The van der Waals surface area contributed by atoms with Crippen LogP contribution in [0.1, 0.15) is 26.3 Å². The number of amides is 2. The largest absolute Gasteiger partial charge is 0.458 e. The van der Waals surface area contributed by atoms with Gasteiger partial charge in [-0.2, -0.15) is 0 Å². The third kappa shape index (κ3) is 6.99. The predicted molar refractivity (Wildman–Crippen MR) is 79.7 cm³/mol. The summed E-state index contributed by atoms with van der Waals surface area (Å²) in [7, 11) is 0. The van der Waals surface area contributed by atoms with Gasteiger partial charge >= 0.3 is 12.0 Å². The monoisotopic (exact) mass is 300 g/mol. The zero-order valence-electron chi connectivity index (χ0n) is 11.9. The molecule has 6 heteroatoms. The Hall–Kier alpha value is -1.75. The van der Waals surface area contributed by atoms with Crippen LogP contribution in [0.2, 0.25) is 0 Å². The minimum atomic E-state index is -0.779. The molecule has 0 heterocycles. The molecule has 0 aliphatic heterocycles. The molecule has 5 nitrogen and oxygen atoms in total. The van der Waals surface area contributed by atoms with Gasteiger partial charge in [-0.15, -0.1) is 12.4 Å². The summed E-state index contributed by atoms with van der Waals surface area (Å²) in [6, 6.07) is 7.84. The molecule has 1 aromatic carbocycles. The second-order valence-electron chi connectivity index (χ2n) is 5.28. The number of urea groups is 1. The van der Waals surface area contributed by atoms with E-state index in [1.807, 2.05) is 30.3 Å². The highest BCUT2D eigenvalue weighted by Crippen LogP contribution is 2.11. The fourth-order valence-corrected chi connectivity index (χ4v) is 1.59. The summed E-state index contributed by atoms with van der Waals surface area (Å²) in [4.78, 5) is 23.0. The number of carbonyl (C=O) groups is 2. The molecule has 0 saturated carbocycles. The second-order valence-corrected chi connectivity index (χ2v) is 5.28. The van der Waals surface area contributed by atoms with Crippen molar-refractivity contribution in [1.82, 2.24) is 5.32 Å². The third-order valence-electron chi connectivity index (χ3n) is 2.29. The molecule has 0 spiro atoms. The maximum Gasteiger partial charge on any atom is 0.329 e. The topological polar surface area (TPSA) is 81.4 Å². The minimum absolute atomic E-state index is 0. The summed E-state index contributed by atoms with van der Waals surface area (Å²) in [5.41, 5.74) is 5.41. The summed E-state index contributed by atoms with van der Waals surface area (Å²) in [5.74, 6) is -0.491. The number of hydrogen-bond donors (Lipinski definition) is 2. The lowest BCUT2D eigenvalue weighted by Crippen LogP contribution is -2.47. The van der Waals surface area contributed by atoms with E-state index in [-0.39, 0.29) is 12.4 Å². The van der Waals surface area contributed by atoms with Crippen molar-refractivity contribution in [3.63, 3.8) is 0 Å². The van der Waals surface area contributed by atoms with Gasteiger partial charge in [0.15, 0.2) is 0 Å². The van der Waals surface area contributed by atoms with Gasteiger partial charge < -0.3 is 15.8 Å². The molecule has 1 atom stereocenters. The maximum atomic E-state index is 12.0. The van der Waals surface area contributed by atoms with E-state index in [0.717, 1.165) is 5.56 Å². The lowest BCUT2D eigenvalue weighted by atomic mass is 10.1. The normalized spacial score (nSPS) is 11.9. The van der Waals surface area contributed by atoms with Crippen molar-refractivity contribution in [3.8, 4) is 0 Å². The predicted octanol–water partition coefficient (Wildman–Crippen LogP) is 2.03. The van der Waals surface area contributed by atoms with E-state index in [4.69, 9.17) is 10.5 Å². The molecule has 2 amide bonds. The molecular formula is C14H21ClN2O3. The SMILES string of the molecule is CC(C)(C)OC(=O)[C@H](Cc1ccccc1)NC(N)=O.Cl. The Morgan fingerprint density at radius 1 is 1.25 bits per heavy atom. The van der Waals surface area contributed by atoms with E-state index in [1.54, 1.807) is 20.8 Å². The molecule has 0 unspecified atom stereocenters. The van der Waals surface area contributed by atoms with E-state index in [1.165, 1.54) is 0 Å². The molecule has 3 N–H and O–H groups in total. The van der Waals surface area contributed by atoms with Crippen molar-refractivity contribution in [1.29, 1.82) is 0 Å². The van der Waals surface area contributed by atoms with Crippen LogP contribution in [0, 0.1) is 0 Å². The number of carbonyl (C=O) groups excluding carboxylic acids is 2. The fourth-order valence-electron chi connectivity index (χ4n) is 1.59. The van der Waals surface area contributed by atoms with E-state index in [2.05, 4.69) is 5.32 Å². The van der Waals surface area contributed by atoms with Crippen molar-refractivity contribution < 1.29 is 14.3 Å². The van der Waals surface area contributed by atoms with E-state index >= 15 is 0 Å². The molecule has 112 valence electrons. The van der Waals surface area contributed by atoms with Crippen LogP contribution < -0.4 is 11.1 Å². The molecule has 0 fully saturated rings. The molecule has 0 bridgehead atoms. The number of primary amides is 1. The van der Waals surface area contributed by atoms with E-state index in [9.17, 15) is 9.59 Å². The Kier molecular flexibility index (Phi) is 7.07. The first-order chi connectivity index (χ1) is 8.78. The average Bonchev–Trinajstić information content (AvgIpc) is 2.26. The molecule has 1 rings (SSSR count). The molecule has 0 saturated heterocycles.